The predicted molar refractivity (Wildman–Crippen MR) is 126 cm³/mol. The summed E-state index contributed by atoms with van der Waals surface area (Å²) in [5.74, 6) is 2.80. The van der Waals surface area contributed by atoms with Gasteiger partial charge in [0.25, 0.3) is 0 Å². The Balaban J connectivity index is 2.56. The normalized spacial score (nSPS) is 10.7. The molecule has 0 amide bonds. The zero-order chi connectivity index (χ0) is 19.0. The molecule has 2 heteroatoms. The molecule has 0 unspecified atom stereocenters. The van der Waals surface area contributed by atoms with E-state index >= 15 is 0 Å². The highest BCUT2D eigenvalue weighted by molar-refractivity contribution is 14.1. The summed E-state index contributed by atoms with van der Waals surface area (Å²) in [6, 6.07) is 6.43. The number of benzene rings is 1. The van der Waals surface area contributed by atoms with Gasteiger partial charge in [-0.05, 0) is 53.6 Å². The van der Waals surface area contributed by atoms with E-state index in [4.69, 9.17) is 6.42 Å². The lowest BCUT2D eigenvalue weighted by Gasteiger charge is -2.26. The molecule has 0 N–H and O–H groups in total. The molecule has 0 heterocycles. The molecule has 1 aromatic rings. The van der Waals surface area contributed by atoms with Crippen LogP contribution in [0, 0.1) is 15.9 Å². The molecular formula is C24H38IN. The Bertz CT molecular complexity index is 501. The number of anilines is 1. The second-order valence-electron chi connectivity index (χ2n) is 7.33. The van der Waals surface area contributed by atoms with E-state index in [2.05, 4.69) is 65.5 Å². The van der Waals surface area contributed by atoms with Gasteiger partial charge in [0.2, 0.25) is 0 Å². The molecular weight excluding hydrogens is 429 g/mol. The summed E-state index contributed by atoms with van der Waals surface area (Å²) in [5, 5.41) is 0. The molecule has 0 aromatic heterocycles. The third-order valence-electron chi connectivity index (χ3n) is 5.02. The number of unbranched alkanes of at least 4 members (excludes halogenated alkanes) is 10. The van der Waals surface area contributed by atoms with Crippen LogP contribution in [-0.2, 0) is 0 Å². The van der Waals surface area contributed by atoms with Crippen LogP contribution in [0.4, 0.5) is 5.69 Å². The van der Waals surface area contributed by atoms with Gasteiger partial charge in [-0.3, -0.25) is 0 Å². The van der Waals surface area contributed by atoms with Crippen molar-refractivity contribution in [2.75, 3.05) is 18.0 Å². The minimum atomic E-state index is 0.997. The van der Waals surface area contributed by atoms with Crippen molar-refractivity contribution in [2.45, 2.75) is 90.9 Å². The molecule has 0 aliphatic heterocycles. The van der Waals surface area contributed by atoms with Crippen LogP contribution in [0.1, 0.15) is 96.5 Å². The fraction of sp³-hybridized carbons (Fsp3) is 0.667. The second-order valence-corrected chi connectivity index (χ2v) is 8.50. The summed E-state index contributed by atoms with van der Waals surface area (Å²) in [7, 11) is 0. The molecule has 1 aromatic carbocycles. The molecule has 0 fully saturated rings. The topological polar surface area (TPSA) is 3.24 Å². The number of nitrogens with zero attached hydrogens (tertiary/aromatic N) is 1. The van der Waals surface area contributed by atoms with Gasteiger partial charge in [-0.2, -0.15) is 0 Å². The summed E-state index contributed by atoms with van der Waals surface area (Å²) < 4.78 is 1.32. The standard InChI is InChI=1S/C24H38IN/c1-4-7-9-11-13-15-19-26(20-16-14-12-10-8-5-2)24-21-22(6-3)17-18-23(24)25/h3,17-18,21H,4-5,7-16,19-20H2,1-2H3. The largest absolute Gasteiger partial charge is 0.371 e. The summed E-state index contributed by atoms with van der Waals surface area (Å²) in [6.45, 7) is 6.88. The smallest absolute Gasteiger partial charge is 0.0514 e. The molecule has 0 aliphatic carbocycles. The second kappa shape index (κ2) is 15.4. The maximum absolute atomic E-state index is 5.63. The monoisotopic (exact) mass is 467 g/mol. The summed E-state index contributed by atoms with van der Waals surface area (Å²) in [5.41, 5.74) is 2.33. The van der Waals surface area contributed by atoms with Crippen molar-refractivity contribution < 1.29 is 0 Å². The van der Waals surface area contributed by atoms with E-state index in [1.54, 1.807) is 0 Å². The highest BCUT2D eigenvalue weighted by Gasteiger charge is 2.10. The van der Waals surface area contributed by atoms with Crippen molar-refractivity contribution >= 4 is 28.3 Å². The van der Waals surface area contributed by atoms with E-state index in [0.717, 1.165) is 18.7 Å². The fourth-order valence-corrected chi connectivity index (χ4v) is 4.04. The first-order chi connectivity index (χ1) is 12.7. The number of halogens is 1. The van der Waals surface area contributed by atoms with Crippen LogP contribution in [0.2, 0.25) is 0 Å². The summed E-state index contributed by atoms with van der Waals surface area (Å²) >= 11 is 2.46. The lowest BCUT2D eigenvalue weighted by molar-refractivity contribution is 0.574. The maximum Gasteiger partial charge on any atom is 0.0514 e. The Morgan fingerprint density at radius 2 is 1.31 bits per heavy atom. The Morgan fingerprint density at radius 3 is 1.81 bits per heavy atom. The van der Waals surface area contributed by atoms with E-state index in [1.165, 1.54) is 86.3 Å². The average Bonchev–Trinajstić information content (AvgIpc) is 2.66. The molecule has 0 radical (unpaired) electrons. The van der Waals surface area contributed by atoms with Crippen molar-refractivity contribution in [3.8, 4) is 12.3 Å². The molecule has 0 atom stereocenters. The van der Waals surface area contributed by atoms with Gasteiger partial charge in [0, 0.05) is 22.2 Å². The van der Waals surface area contributed by atoms with Gasteiger partial charge in [0.1, 0.15) is 0 Å². The molecule has 0 saturated carbocycles. The van der Waals surface area contributed by atoms with Gasteiger partial charge in [-0.25, -0.2) is 0 Å². The van der Waals surface area contributed by atoms with Crippen LogP contribution in [0.25, 0.3) is 0 Å². The SMILES string of the molecule is C#Cc1ccc(I)c(N(CCCCCCCC)CCCCCCCC)c1. The van der Waals surface area contributed by atoms with Gasteiger partial charge < -0.3 is 4.90 Å². The molecule has 146 valence electrons. The molecule has 1 rings (SSSR count). The number of hydrogen-bond donors (Lipinski definition) is 0. The maximum atomic E-state index is 5.63. The minimum absolute atomic E-state index is 0.997. The highest BCUT2D eigenvalue weighted by atomic mass is 127. The van der Waals surface area contributed by atoms with E-state index in [9.17, 15) is 0 Å². The van der Waals surface area contributed by atoms with E-state index in [-0.39, 0.29) is 0 Å². The van der Waals surface area contributed by atoms with Crippen LogP contribution in [-0.4, -0.2) is 13.1 Å². The van der Waals surface area contributed by atoms with Crippen LogP contribution in [0.15, 0.2) is 18.2 Å². The van der Waals surface area contributed by atoms with Crippen molar-refractivity contribution in [3.05, 3.63) is 27.3 Å². The summed E-state index contributed by atoms with van der Waals surface area (Å²) in [6.07, 6.45) is 21.8. The lowest BCUT2D eigenvalue weighted by Crippen LogP contribution is -2.26. The number of terminal acetylenes is 1. The quantitative estimate of drug-likeness (QED) is 0.145. The van der Waals surface area contributed by atoms with Crippen molar-refractivity contribution in [1.29, 1.82) is 0 Å². The Kier molecular flexibility index (Phi) is 13.8. The van der Waals surface area contributed by atoms with Crippen LogP contribution in [0.5, 0.6) is 0 Å². The van der Waals surface area contributed by atoms with Gasteiger partial charge in [0.15, 0.2) is 0 Å². The van der Waals surface area contributed by atoms with Crippen molar-refractivity contribution in [1.82, 2.24) is 0 Å². The minimum Gasteiger partial charge on any atom is -0.371 e. The Hall–Kier alpha value is -0.690. The van der Waals surface area contributed by atoms with E-state index < -0.39 is 0 Å². The first kappa shape index (κ1) is 23.3. The van der Waals surface area contributed by atoms with Gasteiger partial charge in [-0.1, -0.05) is 84.0 Å². The van der Waals surface area contributed by atoms with Crippen molar-refractivity contribution in [3.63, 3.8) is 0 Å². The van der Waals surface area contributed by atoms with E-state index in [0.29, 0.717) is 0 Å². The number of hydrogen-bond acceptors (Lipinski definition) is 1. The fourth-order valence-electron chi connectivity index (χ4n) is 3.36. The van der Waals surface area contributed by atoms with Gasteiger partial charge in [-0.15, -0.1) is 6.42 Å². The lowest BCUT2D eigenvalue weighted by atomic mass is 10.1. The van der Waals surface area contributed by atoms with Gasteiger partial charge in [0.05, 0.1) is 5.69 Å². The van der Waals surface area contributed by atoms with E-state index in [1.807, 2.05) is 0 Å². The van der Waals surface area contributed by atoms with Crippen LogP contribution >= 0.6 is 22.6 Å². The first-order valence-electron chi connectivity index (χ1n) is 10.7. The molecule has 0 spiro atoms. The summed E-state index contributed by atoms with van der Waals surface area (Å²) in [4.78, 5) is 2.59. The van der Waals surface area contributed by atoms with Gasteiger partial charge >= 0.3 is 0 Å². The molecule has 26 heavy (non-hydrogen) atoms. The average molecular weight is 467 g/mol. The molecule has 1 nitrogen and oxygen atoms in total. The van der Waals surface area contributed by atoms with Crippen molar-refractivity contribution in [2.24, 2.45) is 0 Å². The zero-order valence-corrected chi connectivity index (χ0v) is 19.2. The third kappa shape index (κ3) is 9.86. The Labute approximate surface area is 176 Å². The van der Waals surface area contributed by atoms with Crippen LogP contribution in [0.3, 0.4) is 0 Å². The molecule has 0 bridgehead atoms. The Morgan fingerprint density at radius 1 is 0.808 bits per heavy atom. The molecule has 0 aliphatic rings. The first-order valence-corrected chi connectivity index (χ1v) is 11.8. The zero-order valence-electron chi connectivity index (χ0n) is 17.0. The number of rotatable bonds is 15. The highest BCUT2D eigenvalue weighted by Crippen LogP contribution is 2.25. The molecule has 0 saturated heterocycles. The van der Waals surface area contributed by atoms with Crippen LogP contribution < -0.4 is 4.90 Å². The third-order valence-corrected chi connectivity index (χ3v) is 5.93. The predicted octanol–water partition coefficient (Wildman–Crippen LogP) is 7.80.